The van der Waals surface area contributed by atoms with Crippen molar-refractivity contribution >= 4 is 27.5 Å². The standard InChI is InChI=1S/C11H22N2O3S2/c1-18(15,16)7-5-10(12)11(14)13-8-9-4-2-3-6-17-9/h9-10H,2-8,12H2,1H3,(H,13,14). The molecule has 1 heterocycles. The lowest BCUT2D eigenvalue weighted by molar-refractivity contribution is -0.122. The molecule has 0 spiro atoms. The van der Waals surface area contributed by atoms with Gasteiger partial charge >= 0.3 is 0 Å². The number of carbonyl (C=O) groups is 1. The minimum Gasteiger partial charge on any atom is -0.354 e. The topological polar surface area (TPSA) is 89.3 Å². The van der Waals surface area contributed by atoms with E-state index in [0.29, 0.717) is 11.8 Å². The van der Waals surface area contributed by atoms with Gasteiger partial charge in [-0.2, -0.15) is 11.8 Å². The Hall–Kier alpha value is -0.270. The van der Waals surface area contributed by atoms with Crippen LogP contribution in [-0.2, 0) is 14.6 Å². The van der Waals surface area contributed by atoms with E-state index in [-0.39, 0.29) is 18.1 Å². The van der Waals surface area contributed by atoms with Crippen molar-refractivity contribution in [1.29, 1.82) is 0 Å². The summed E-state index contributed by atoms with van der Waals surface area (Å²) in [5.41, 5.74) is 5.66. The first kappa shape index (κ1) is 15.8. The highest BCUT2D eigenvalue weighted by Crippen LogP contribution is 2.24. The molecule has 0 saturated carbocycles. The van der Waals surface area contributed by atoms with Crippen LogP contribution in [0.25, 0.3) is 0 Å². The highest BCUT2D eigenvalue weighted by molar-refractivity contribution is 7.99. The van der Waals surface area contributed by atoms with Crippen molar-refractivity contribution in [3.63, 3.8) is 0 Å². The zero-order valence-electron chi connectivity index (χ0n) is 10.7. The number of amides is 1. The minimum atomic E-state index is -3.05. The lowest BCUT2D eigenvalue weighted by atomic mass is 10.2. The molecule has 1 rings (SSSR count). The first-order valence-corrected chi connectivity index (χ1v) is 9.32. The van der Waals surface area contributed by atoms with Gasteiger partial charge in [0.2, 0.25) is 5.91 Å². The first-order chi connectivity index (χ1) is 8.38. The summed E-state index contributed by atoms with van der Waals surface area (Å²) in [5, 5.41) is 3.29. The van der Waals surface area contributed by atoms with Gasteiger partial charge in [0.25, 0.3) is 0 Å². The molecule has 0 radical (unpaired) electrons. The summed E-state index contributed by atoms with van der Waals surface area (Å²) in [6, 6.07) is -0.728. The highest BCUT2D eigenvalue weighted by atomic mass is 32.2. The fourth-order valence-electron chi connectivity index (χ4n) is 1.79. The van der Waals surface area contributed by atoms with Crippen molar-refractivity contribution in [1.82, 2.24) is 5.32 Å². The molecule has 0 aromatic rings. The predicted molar refractivity (Wildman–Crippen MR) is 75.4 cm³/mol. The highest BCUT2D eigenvalue weighted by Gasteiger charge is 2.18. The van der Waals surface area contributed by atoms with Gasteiger partial charge in [0.05, 0.1) is 11.8 Å². The molecular formula is C11H22N2O3S2. The van der Waals surface area contributed by atoms with Crippen LogP contribution in [0.4, 0.5) is 0 Å². The molecular weight excluding hydrogens is 272 g/mol. The van der Waals surface area contributed by atoms with Gasteiger partial charge in [0, 0.05) is 18.1 Å². The largest absolute Gasteiger partial charge is 0.354 e. The van der Waals surface area contributed by atoms with E-state index in [2.05, 4.69) is 5.32 Å². The average Bonchev–Trinajstić information content (AvgIpc) is 2.33. The number of nitrogens with two attached hydrogens (primary N) is 1. The number of nitrogens with one attached hydrogen (secondary N) is 1. The first-order valence-electron chi connectivity index (χ1n) is 6.21. The van der Waals surface area contributed by atoms with Crippen molar-refractivity contribution < 1.29 is 13.2 Å². The molecule has 7 heteroatoms. The molecule has 0 aromatic heterocycles. The molecule has 2 unspecified atom stereocenters. The Morgan fingerprint density at radius 2 is 2.22 bits per heavy atom. The number of carbonyl (C=O) groups excluding carboxylic acids is 1. The van der Waals surface area contributed by atoms with Crippen LogP contribution in [0.2, 0.25) is 0 Å². The van der Waals surface area contributed by atoms with Gasteiger partial charge in [-0.25, -0.2) is 8.42 Å². The van der Waals surface area contributed by atoms with E-state index in [1.165, 1.54) is 12.8 Å². The van der Waals surface area contributed by atoms with Gasteiger partial charge in [0.1, 0.15) is 9.84 Å². The summed E-state index contributed by atoms with van der Waals surface area (Å²) in [5.74, 6) is 0.866. The molecule has 1 aliphatic rings. The van der Waals surface area contributed by atoms with E-state index in [0.717, 1.165) is 18.4 Å². The maximum atomic E-state index is 11.7. The van der Waals surface area contributed by atoms with Gasteiger partial charge in [-0.1, -0.05) is 6.42 Å². The number of rotatable bonds is 6. The number of sulfone groups is 1. The molecule has 5 nitrogen and oxygen atoms in total. The van der Waals surface area contributed by atoms with Crippen LogP contribution in [0.3, 0.4) is 0 Å². The Morgan fingerprint density at radius 3 is 2.78 bits per heavy atom. The van der Waals surface area contributed by atoms with Gasteiger partial charge in [0.15, 0.2) is 0 Å². The quantitative estimate of drug-likeness (QED) is 0.728. The SMILES string of the molecule is CS(=O)(=O)CCC(N)C(=O)NCC1CCCCS1. The molecule has 1 saturated heterocycles. The maximum Gasteiger partial charge on any atom is 0.236 e. The van der Waals surface area contributed by atoms with E-state index >= 15 is 0 Å². The maximum absolute atomic E-state index is 11.7. The lowest BCUT2D eigenvalue weighted by Crippen LogP contribution is -2.44. The lowest BCUT2D eigenvalue weighted by Gasteiger charge is -2.22. The molecule has 0 aliphatic carbocycles. The second-order valence-electron chi connectivity index (χ2n) is 4.76. The fraction of sp³-hybridized carbons (Fsp3) is 0.909. The van der Waals surface area contributed by atoms with Gasteiger partial charge < -0.3 is 11.1 Å². The molecule has 3 N–H and O–H groups in total. The molecule has 1 amide bonds. The van der Waals surface area contributed by atoms with Crippen LogP contribution >= 0.6 is 11.8 Å². The van der Waals surface area contributed by atoms with Crippen LogP contribution in [-0.4, -0.2) is 49.9 Å². The molecule has 0 bridgehead atoms. The second-order valence-corrected chi connectivity index (χ2v) is 8.43. The summed E-state index contributed by atoms with van der Waals surface area (Å²) < 4.78 is 21.9. The summed E-state index contributed by atoms with van der Waals surface area (Å²) in [4.78, 5) is 11.7. The fourth-order valence-corrected chi connectivity index (χ4v) is 3.71. The van der Waals surface area contributed by atoms with Crippen LogP contribution in [0.15, 0.2) is 0 Å². The third-order valence-corrected chi connectivity index (χ3v) is 5.29. The minimum absolute atomic E-state index is 0.0419. The zero-order valence-corrected chi connectivity index (χ0v) is 12.4. The normalized spacial score (nSPS) is 22.4. The number of hydrogen-bond donors (Lipinski definition) is 2. The molecule has 18 heavy (non-hydrogen) atoms. The van der Waals surface area contributed by atoms with Crippen LogP contribution < -0.4 is 11.1 Å². The van der Waals surface area contributed by atoms with E-state index in [1.54, 1.807) is 0 Å². The Kier molecular flexibility index (Phi) is 6.45. The van der Waals surface area contributed by atoms with Crippen molar-refractivity contribution in [2.75, 3.05) is 24.3 Å². The number of hydrogen-bond acceptors (Lipinski definition) is 5. The third kappa shape index (κ3) is 6.61. The Balaban J connectivity index is 2.22. The Morgan fingerprint density at radius 1 is 1.50 bits per heavy atom. The molecule has 1 aliphatic heterocycles. The molecule has 0 aromatic carbocycles. The summed E-state index contributed by atoms with van der Waals surface area (Å²) in [6.45, 7) is 0.635. The smallest absolute Gasteiger partial charge is 0.236 e. The van der Waals surface area contributed by atoms with Crippen molar-refractivity contribution in [2.45, 2.75) is 37.0 Å². The van der Waals surface area contributed by atoms with Crippen LogP contribution in [0, 0.1) is 0 Å². The second kappa shape index (κ2) is 7.35. The van der Waals surface area contributed by atoms with Gasteiger partial charge in [-0.3, -0.25) is 4.79 Å². The Bertz CT molecular complexity index is 364. The van der Waals surface area contributed by atoms with Gasteiger partial charge in [-0.05, 0) is 25.0 Å². The van der Waals surface area contributed by atoms with E-state index < -0.39 is 15.9 Å². The molecule has 2 atom stereocenters. The number of thioether (sulfide) groups is 1. The van der Waals surface area contributed by atoms with E-state index in [9.17, 15) is 13.2 Å². The molecule has 1 fully saturated rings. The van der Waals surface area contributed by atoms with E-state index in [1.807, 2.05) is 11.8 Å². The third-order valence-electron chi connectivity index (χ3n) is 2.91. The van der Waals surface area contributed by atoms with Crippen molar-refractivity contribution in [3.8, 4) is 0 Å². The van der Waals surface area contributed by atoms with E-state index in [4.69, 9.17) is 5.73 Å². The Labute approximate surface area is 113 Å². The van der Waals surface area contributed by atoms with Crippen LogP contribution in [0.1, 0.15) is 25.7 Å². The van der Waals surface area contributed by atoms with Crippen LogP contribution in [0.5, 0.6) is 0 Å². The summed E-state index contributed by atoms with van der Waals surface area (Å²) in [7, 11) is -3.05. The summed E-state index contributed by atoms with van der Waals surface area (Å²) >= 11 is 1.88. The predicted octanol–water partition coefficient (Wildman–Crippen LogP) is 0.150. The van der Waals surface area contributed by atoms with Gasteiger partial charge in [-0.15, -0.1) is 0 Å². The average molecular weight is 294 g/mol. The summed E-state index contributed by atoms with van der Waals surface area (Å²) in [6.07, 6.45) is 4.93. The zero-order chi connectivity index (χ0) is 13.6. The van der Waals surface area contributed by atoms with Crippen molar-refractivity contribution in [2.24, 2.45) is 5.73 Å². The monoisotopic (exact) mass is 294 g/mol. The molecule has 106 valence electrons. The van der Waals surface area contributed by atoms with Crippen molar-refractivity contribution in [3.05, 3.63) is 0 Å².